The van der Waals surface area contributed by atoms with Crippen LogP contribution in [0.3, 0.4) is 0 Å². The third-order valence-corrected chi connectivity index (χ3v) is 2.93. The molecule has 104 valence electrons. The summed E-state index contributed by atoms with van der Waals surface area (Å²) < 4.78 is 0. The Kier molecular flexibility index (Phi) is 4.85. The number of aryl methyl sites for hydroxylation is 1. The lowest BCUT2D eigenvalue weighted by molar-refractivity contribution is 0.102. The predicted molar refractivity (Wildman–Crippen MR) is 80.7 cm³/mol. The van der Waals surface area contributed by atoms with Crippen molar-refractivity contribution in [3.63, 3.8) is 0 Å². The summed E-state index contributed by atoms with van der Waals surface area (Å²) >= 11 is 0. The molecule has 1 aromatic carbocycles. The van der Waals surface area contributed by atoms with Crippen LogP contribution in [0, 0.1) is 6.92 Å². The van der Waals surface area contributed by atoms with Crippen LogP contribution in [0.5, 0.6) is 0 Å². The van der Waals surface area contributed by atoms with Gasteiger partial charge in [0.05, 0.1) is 5.56 Å². The summed E-state index contributed by atoms with van der Waals surface area (Å²) in [6.45, 7) is 5.77. The van der Waals surface area contributed by atoms with E-state index in [4.69, 9.17) is 0 Å². The van der Waals surface area contributed by atoms with E-state index >= 15 is 0 Å². The third-order valence-electron chi connectivity index (χ3n) is 2.93. The molecule has 0 unspecified atom stereocenters. The van der Waals surface area contributed by atoms with E-state index in [0.717, 1.165) is 24.3 Å². The van der Waals surface area contributed by atoms with Crippen molar-refractivity contribution in [2.45, 2.75) is 20.4 Å². The number of hydrogen-bond acceptors (Lipinski definition) is 3. The van der Waals surface area contributed by atoms with E-state index in [1.165, 1.54) is 5.56 Å². The standard InChI is InChI=1S/C16H19N3O/c1-3-17-10-13-4-6-15(7-5-13)19-16(20)14-8-12(2)9-18-11-14/h4-9,11,17H,3,10H2,1-2H3,(H,19,20). The van der Waals surface area contributed by atoms with E-state index in [9.17, 15) is 4.79 Å². The number of nitrogens with one attached hydrogen (secondary N) is 2. The molecule has 4 nitrogen and oxygen atoms in total. The van der Waals surface area contributed by atoms with E-state index in [1.807, 2.05) is 37.3 Å². The largest absolute Gasteiger partial charge is 0.322 e. The first kappa shape index (κ1) is 14.2. The Bertz CT molecular complexity index is 579. The normalized spacial score (nSPS) is 10.3. The first-order chi connectivity index (χ1) is 9.69. The van der Waals surface area contributed by atoms with Crippen molar-refractivity contribution in [3.05, 3.63) is 59.4 Å². The molecule has 2 N–H and O–H groups in total. The van der Waals surface area contributed by atoms with Crippen molar-refractivity contribution >= 4 is 11.6 Å². The number of anilines is 1. The van der Waals surface area contributed by atoms with Gasteiger partial charge in [-0.05, 0) is 42.8 Å². The lowest BCUT2D eigenvalue weighted by Gasteiger charge is -2.07. The van der Waals surface area contributed by atoms with E-state index in [0.29, 0.717) is 5.56 Å². The average Bonchev–Trinajstić information content (AvgIpc) is 2.46. The van der Waals surface area contributed by atoms with Gasteiger partial charge in [-0.15, -0.1) is 0 Å². The minimum absolute atomic E-state index is 0.138. The number of benzene rings is 1. The quantitative estimate of drug-likeness (QED) is 0.877. The summed E-state index contributed by atoms with van der Waals surface area (Å²) in [6.07, 6.45) is 3.30. The number of carbonyl (C=O) groups excluding carboxylic acids is 1. The third kappa shape index (κ3) is 3.90. The number of nitrogens with zero attached hydrogens (tertiary/aromatic N) is 1. The maximum Gasteiger partial charge on any atom is 0.257 e. The van der Waals surface area contributed by atoms with Crippen LogP contribution in [0.2, 0.25) is 0 Å². The van der Waals surface area contributed by atoms with Crippen LogP contribution in [-0.4, -0.2) is 17.4 Å². The van der Waals surface area contributed by atoms with Gasteiger partial charge >= 0.3 is 0 Å². The van der Waals surface area contributed by atoms with Crippen LogP contribution >= 0.6 is 0 Å². The van der Waals surface area contributed by atoms with Gasteiger partial charge in [0.25, 0.3) is 5.91 Å². The molecular weight excluding hydrogens is 250 g/mol. The highest BCUT2D eigenvalue weighted by molar-refractivity contribution is 6.04. The number of pyridine rings is 1. The molecule has 0 aliphatic rings. The fraction of sp³-hybridized carbons (Fsp3) is 0.250. The average molecular weight is 269 g/mol. The molecule has 0 aliphatic carbocycles. The molecule has 0 fully saturated rings. The van der Waals surface area contributed by atoms with Crippen molar-refractivity contribution < 1.29 is 4.79 Å². The molecule has 0 saturated heterocycles. The van der Waals surface area contributed by atoms with Gasteiger partial charge < -0.3 is 10.6 Å². The zero-order chi connectivity index (χ0) is 14.4. The molecule has 0 saturated carbocycles. The molecular formula is C16H19N3O. The van der Waals surface area contributed by atoms with Gasteiger partial charge in [0.1, 0.15) is 0 Å². The second-order valence-electron chi connectivity index (χ2n) is 4.68. The lowest BCUT2D eigenvalue weighted by atomic mass is 10.2. The molecule has 1 amide bonds. The van der Waals surface area contributed by atoms with Gasteiger partial charge in [0.2, 0.25) is 0 Å². The Morgan fingerprint density at radius 1 is 1.20 bits per heavy atom. The van der Waals surface area contributed by atoms with Crippen LogP contribution in [0.1, 0.15) is 28.4 Å². The van der Waals surface area contributed by atoms with E-state index in [1.54, 1.807) is 12.4 Å². The molecule has 0 radical (unpaired) electrons. The molecule has 2 rings (SSSR count). The molecule has 4 heteroatoms. The second-order valence-corrected chi connectivity index (χ2v) is 4.68. The molecule has 20 heavy (non-hydrogen) atoms. The van der Waals surface area contributed by atoms with Crippen molar-refractivity contribution in [2.75, 3.05) is 11.9 Å². The topological polar surface area (TPSA) is 54.0 Å². The summed E-state index contributed by atoms with van der Waals surface area (Å²) in [5, 5.41) is 6.13. The van der Waals surface area contributed by atoms with Crippen LogP contribution in [-0.2, 0) is 6.54 Å². The van der Waals surface area contributed by atoms with Gasteiger partial charge in [0.15, 0.2) is 0 Å². The molecule has 0 aliphatic heterocycles. The van der Waals surface area contributed by atoms with Gasteiger partial charge in [-0.3, -0.25) is 9.78 Å². The minimum Gasteiger partial charge on any atom is -0.322 e. The summed E-state index contributed by atoms with van der Waals surface area (Å²) in [4.78, 5) is 16.1. The summed E-state index contributed by atoms with van der Waals surface area (Å²) in [5.74, 6) is -0.138. The first-order valence-electron chi connectivity index (χ1n) is 6.71. The fourth-order valence-electron chi connectivity index (χ4n) is 1.86. The second kappa shape index (κ2) is 6.82. The van der Waals surface area contributed by atoms with Gasteiger partial charge in [0, 0.05) is 24.6 Å². The van der Waals surface area contributed by atoms with Crippen LogP contribution in [0.15, 0.2) is 42.7 Å². The van der Waals surface area contributed by atoms with Crippen molar-refractivity contribution in [3.8, 4) is 0 Å². The van der Waals surface area contributed by atoms with Crippen LogP contribution in [0.4, 0.5) is 5.69 Å². The number of rotatable bonds is 5. The highest BCUT2D eigenvalue weighted by Crippen LogP contribution is 2.11. The first-order valence-corrected chi connectivity index (χ1v) is 6.71. The smallest absolute Gasteiger partial charge is 0.257 e. The Hall–Kier alpha value is -2.20. The molecule has 0 atom stereocenters. The van der Waals surface area contributed by atoms with Gasteiger partial charge in [-0.2, -0.15) is 0 Å². The Morgan fingerprint density at radius 2 is 1.95 bits per heavy atom. The lowest BCUT2D eigenvalue weighted by Crippen LogP contribution is -2.13. The highest BCUT2D eigenvalue weighted by atomic mass is 16.1. The SMILES string of the molecule is CCNCc1ccc(NC(=O)c2cncc(C)c2)cc1. The van der Waals surface area contributed by atoms with Crippen molar-refractivity contribution in [2.24, 2.45) is 0 Å². The Morgan fingerprint density at radius 3 is 2.60 bits per heavy atom. The maximum absolute atomic E-state index is 12.1. The summed E-state index contributed by atoms with van der Waals surface area (Å²) in [6, 6.07) is 9.66. The van der Waals surface area contributed by atoms with Crippen molar-refractivity contribution in [1.29, 1.82) is 0 Å². The summed E-state index contributed by atoms with van der Waals surface area (Å²) in [5.41, 5.74) is 3.53. The highest BCUT2D eigenvalue weighted by Gasteiger charge is 2.06. The Labute approximate surface area is 119 Å². The molecule has 1 aromatic heterocycles. The zero-order valence-corrected chi connectivity index (χ0v) is 11.8. The molecule has 0 bridgehead atoms. The fourth-order valence-corrected chi connectivity index (χ4v) is 1.86. The van der Waals surface area contributed by atoms with E-state index in [-0.39, 0.29) is 5.91 Å². The van der Waals surface area contributed by atoms with Gasteiger partial charge in [-0.25, -0.2) is 0 Å². The Balaban J connectivity index is 2.01. The maximum atomic E-state index is 12.1. The van der Waals surface area contributed by atoms with Crippen LogP contribution in [0.25, 0.3) is 0 Å². The van der Waals surface area contributed by atoms with E-state index < -0.39 is 0 Å². The zero-order valence-electron chi connectivity index (χ0n) is 11.8. The number of hydrogen-bond donors (Lipinski definition) is 2. The van der Waals surface area contributed by atoms with Gasteiger partial charge in [-0.1, -0.05) is 19.1 Å². The van der Waals surface area contributed by atoms with Crippen LogP contribution < -0.4 is 10.6 Å². The molecule has 2 aromatic rings. The number of aromatic nitrogens is 1. The van der Waals surface area contributed by atoms with Crippen molar-refractivity contribution in [1.82, 2.24) is 10.3 Å². The number of amides is 1. The molecule has 0 spiro atoms. The number of carbonyl (C=O) groups is 1. The molecule has 1 heterocycles. The van der Waals surface area contributed by atoms with E-state index in [2.05, 4.69) is 22.5 Å². The summed E-state index contributed by atoms with van der Waals surface area (Å²) in [7, 11) is 0. The monoisotopic (exact) mass is 269 g/mol. The predicted octanol–water partition coefficient (Wildman–Crippen LogP) is 2.75. The minimum atomic E-state index is -0.138.